The number of carbonyl (C=O) groups is 1. The molecule has 1 unspecified atom stereocenters. The van der Waals surface area contributed by atoms with E-state index in [-0.39, 0.29) is 5.92 Å². The average Bonchev–Trinajstić information content (AvgIpc) is 3.16. The third-order valence-electron chi connectivity index (χ3n) is 5.05. The molecule has 108 valence electrons. The molecule has 3 atom stereocenters. The van der Waals surface area contributed by atoms with Gasteiger partial charge in [0.2, 0.25) is 5.91 Å². The van der Waals surface area contributed by atoms with Gasteiger partial charge in [-0.1, -0.05) is 36.8 Å². The summed E-state index contributed by atoms with van der Waals surface area (Å²) in [6.07, 6.45) is 4.42. The Morgan fingerprint density at radius 1 is 1.20 bits per heavy atom. The molecular formula is C17H24N2O. The van der Waals surface area contributed by atoms with Gasteiger partial charge in [-0.2, -0.15) is 0 Å². The first kappa shape index (κ1) is 13.6. The topological polar surface area (TPSA) is 46.3 Å². The number of benzene rings is 1. The highest BCUT2D eigenvalue weighted by Gasteiger charge is 2.37. The molecular weight excluding hydrogens is 248 g/mol. The van der Waals surface area contributed by atoms with Gasteiger partial charge in [-0.3, -0.25) is 4.79 Å². The first-order valence-corrected chi connectivity index (χ1v) is 7.83. The van der Waals surface area contributed by atoms with Crippen LogP contribution in [0.4, 0.5) is 0 Å². The number of hydrogen-bond donors (Lipinski definition) is 1. The number of hydrogen-bond acceptors (Lipinski definition) is 2. The molecule has 1 saturated heterocycles. The van der Waals surface area contributed by atoms with Crippen LogP contribution in [0.15, 0.2) is 30.3 Å². The van der Waals surface area contributed by atoms with E-state index in [4.69, 9.17) is 5.73 Å². The molecule has 0 bridgehead atoms. The van der Waals surface area contributed by atoms with Crippen molar-refractivity contribution in [2.75, 3.05) is 19.6 Å². The Balaban J connectivity index is 1.64. The van der Waals surface area contributed by atoms with Crippen molar-refractivity contribution in [1.29, 1.82) is 0 Å². The van der Waals surface area contributed by atoms with E-state index in [0.29, 0.717) is 24.3 Å². The maximum atomic E-state index is 12.7. The second-order valence-corrected chi connectivity index (χ2v) is 6.21. The maximum absolute atomic E-state index is 12.7. The fourth-order valence-corrected chi connectivity index (χ4v) is 3.84. The number of nitrogens with zero attached hydrogens (tertiary/aromatic N) is 1. The highest BCUT2D eigenvalue weighted by atomic mass is 16.2. The third kappa shape index (κ3) is 2.59. The summed E-state index contributed by atoms with van der Waals surface area (Å²) in [5.74, 6) is 1.47. The summed E-state index contributed by atoms with van der Waals surface area (Å²) >= 11 is 0. The Hall–Kier alpha value is -1.35. The second-order valence-electron chi connectivity index (χ2n) is 6.21. The first-order valence-electron chi connectivity index (χ1n) is 7.83. The predicted octanol–water partition coefficient (Wildman–Crippen LogP) is 2.38. The molecule has 1 aromatic rings. The summed E-state index contributed by atoms with van der Waals surface area (Å²) in [5, 5.41) is 0. The van der Waals surface area contributed by atoms with E-state index < -0.39 is 0 Å². The number of nitrogens with two attached hydrogens (primary N) is 1. The van der Waals surface area contributed by atoms with Crippen molar-refractivity contribution in [2.45, 2.75) is 31.6 Å². The van der Waals surface area contributed by atoms with E-state index >= 15 is 0 Å². The molecule has 0 spiro atoms. The van der Waals surface area contributed by atoms with Gasteiger partial charge in [-0.15, -0.1) is 0 Å². The maximum Gasteiger partial charge on any atom is 0.226 e. The summed E-state index contributed by atoms with van der Waals surface area (Å²) in [6, 6.07) is 10.6. The molecule has 1 aliphatic heterocycles. The van der Waals surface area contributed by atoms with Gasteiger partial charge in [0.05, 0.1) is 0 Å². The quantitative estimate of drug-likeness (QED) is 0.918. The van der Waals surface area contributed by atoms with E-state index in [1.807, 2.05) is 6.07 Å². The molecule has 2 aliphatic rings. The van der Waals surface area contributed by atoms with Crippen molar-refractivity contribution in [3.8, 4) is 0 Å². The SMILES string of the molecule is NC[C@H]1CCC[C@H]1C(=O)N1CCC(c2ccccc2)C1. The van der Waals surface area contributed by atoms with Crippen molar-refractivity contribution in [3.05, 3.63) is 35.9 Å². The molecule has 3 rings (SSSR count). The van der Waals surface area contributed by atoms with Crippen LogP contribution in [0.2, 0.25) is 0 Å². The van der Waals surface area contributed by atoms with Crippen LogP contribution in [0.5, 0.6) is 0 Å². The van der Waals surface area contributed by atoms with Crippen molar-refractivity contribution in [3.63, 3.8) is 0 Å². The zero-order chi connectivity index (χ0) is 13.9. The predicted molar refractivity (Wildman–Crippen MR) is 80.3 cm³/mol. The van der Waals surface area contributed by atoms with Crippen LogP contribution in [-0.2, 0) is 4.79 Å². The zero-order valence-electron chi connectivity index (χ0n) is 12.0. The Kier molecular flexibility index (Phi) is 4.06. The molecule has 1 aromatic carbocycles. The van der Waals surface area contributed by atoms with Crippen molar-refractivity contribution in [1.82, 2.24) is 4.90 Å². The highest BCUT2D eigenvalue weighted by molar-refractivity contribution is 5.80. The van der Waals surface area contributed by atoms with Crippen molar-refractivity contribution < 1.29 is 4.79 Å². The van der Waals surface area contributed by atoms with Gasteiger partial charge in [-0.05, 0) is 37.3 Å². The van der Waals surface area contributed by atoms with Crippen LogP contribution in [0.25, 0.3) is 0 Å². The molecule has 3 nitrogen and oxygen atoms in total. The first-order chi connectivity index (χ1) is 9.79. The summed E-state index contributed by atoms with van der Waals surface area (Å²) < 4.78 is 0. The minimum atomic E-state index is 0.189. The van der Waals surface area contributed by atoms with Crippen LogP contribution in [0.1, 0.15) is 37.2 Å². The Morgan fingerprint density at radius 2 is 2.00 bits per heavy atom. The van der Waals surface area contributed by atoms with Crippen molar-refractivity contribution in [2.24, 2.45) is 17.6 Å². The lowest BCUT2D eigenvalue weighted by Crippen LogP contribution is -2.37. The number of rotatable bonds is 3. The lowest BCUT2D eigenvalue weighted by Gasteiger charge is -2.24. The van der Waals surface area contributed by atoms with E-state index in [0.717, 1.165) is 38.8 Å². The van der Waals surface area contributed by atoms with Gasteiger partial charge >= 0.3 is 0 Å². The molecule has 0 aromatic heterocycles. The van der Waals surface area contributed by atoms with Gasteiger partial charge in [0.25, 0.3) is 0 Å². The fraction of sp³-hybridized carbons (Fsp3) is 0.588. The minimum absolute atomic E-state index is 0.189. The zero-order valence-corrected chi connectivity index (χ0v) is 12.0. The summed E-state index contributed by atoms with van der Waals surface area (Å²) in [4.78, 5) is 14.7. The fourth-order valence-electron chi connectivity index (χ4n) is 3.84. The van der Waals surface area contributed by atoms with Crippen molar-refractivity contribution >= 4 is 5.91 Å². The largest absolute Gasteiger partial charge is 0.342 e. The highest BCUT2D eigenvalue weighted by Crippen LogP contribution is 2.35. The van der Waals surface area contributed by atoms with Crippen LogP contribution in [0.3, 0.4) is 0 Å². The lowest BCUT2D eigenvalue weighted by molar-refractivity contribution is -0.135. The molecule has 0 radical (unpaired) electrons. The number of likely N-dealkylation sites (tertiary alicyclic amines) is 1. The molecule has 20 heavy (non-hydrogen) atoms. The smallest absolute Gasteiger partial charge is 0.226 e. The van der Waals surface area contributed by atoms with Gasteiger partial charge in [-0.25, -0.2) is 0 Å². The molecule has 1 amide bonds. The normalized spacial score (nSPS) is 29.9. The van der Waals surface area contributed by atoms with Crippen LogP contribution < -0.4 is 5.73 Å². The van der Waals surface area contributed by atoms with Crippen LogP contribution >= 0.6 is 0 Å². The van der Waals surface area contributed by atoms with E-state index in [9.17, 15) is 4.79 Å². The average molecular weight is 272 g/mol. The van der Waals surface area contributed by atoms with Gasteiger partial charge in [0, 0.05) is 24.9 Å². The van der Waals surface area contributed by atoms with Gasteiger partial charge < -0.3 is 10.6 Å². The molecule has 1 aliphatic carbocycles. The Bertz CT molecular complexity index is 459. The molecule has 3 heteroatoms. The van der Waals surface area contributed by atoms with Gasteiger partial charge in [0.1, 0.15) is 0 Å². The minimum Gasteiger partial charge on any atom is -0.342 e. The molecule has 2 N–H and O–H groups in total. The summed E-state index contributed by atoms with van der Waals surface area (Å²) in [7, 11) is 0. The standard InChI is InChI=1S/C17H24N2O/c18-11-14-7-4-8-16(14)17(20)19-10-9-15(12-19)13-5-2-1-3-6-13/h1-3,5-6,14-16H,4,7-12,18H2/t14-,15?,16-/m1/s1. The Labute approximate surface area is 121 Å². The number of amides is 1. The van der Waals surface area contributed by atoms with Crippen LogP contribution in [0, 0.1) is 11.8 Å². The molecule has 1 heterocycles. The van der Waals surface area contributed by atoms with E-state index in [1.54, 1.807) is 0 Å². The number of carbonyl (C=O) groups excluding carboxylic acids is 1. The monoisotopic (exact) mass is 272 g/mol. The Morgan fingerprint density at radius 3 is 2.75 bits per heavy atom. The summed E-state index contributed by atoms with van der Waals surface area (Å²) in [6.45, 7) is 2.45. The van der Waals surface area contributed by atoms with E-state index in [1.165, 1.54) is 5.56 Å². The molecule has 2 fully saturated rings. The van der Waals surface area contributed by atoms with Crippen LogP contribution in [-0.4, -0.2) is 30.4 Å². The lowest BCUT2D eigenvalue weighted by atomic mass is 9.94. The second kappa shape index (κ2) is 5.96. The van der Waals surface area contributed by atoms with Gasteiger partial charge in [0.15, 0.2) is 0 Å². The third-order valence-corrected chi connectivity index (χ3v) is 5.05. The summed E-state index contributed by atoms with van der Waals surface area (Å²) in [5.41, 5.74) is 7.17. The molecule has 1 saturated carbocycles. The van der Waals surface area contributed by atoms with E-state index in [2.05, 4.69) is 29.2 Å².